The van der Waals surface area contributed by atoms with Crippen LogP contribution in [0.25, 0.3) is 0 Å². The number of rotatable bonds is 4. The Labute approximate surface area is 116 Å². The molecule has 0 bridgehead atoms. The molecule has 0 aliphatic carbocycles. The molecule has 0 aromatic carbocycles. The molecule has 8 heteroatoms. The summed E-state index contributed by atoms with van der Waals surface area (Å²) in [5, 5.41) is 5.21. The number of likely N-dealkylation sites (tertiary alicyclic amines) is 1. The Morgan fingerprint density at radius 3 is 2.50 bits per heavy atom. The van der Waals surface area contributed by atoms with E-state index >= 15 is 0 Å². The number of alkyl halides is 3. The summed E-state index contributed by atoms with van der Waals surface area (Å²) in [6, 6.07) is -0.0773. The van der Waals surface area contributed by atoms with Crippen molar-refractivity contribution in [1.29, 1.82) is 0 Å². The Hall–Kier alpha value is -0.860. The molecule has 1 amide bonds. The van der Waals surface area contributed by atoms with E-state index in [4.69, 9.17) is 0 Å². The predicted octanol–water partition coefficient (Wildman–Crippen LogP) is -0.357. The molecule has 0 aromatic rings. The van der Waals surface area contributed by atoms with Crippen molar-refractivity contribution >= 4 is 5.91 Å². The number of carbonyl (C=O) groups is 1. The van der Waals surface area contributed by atoms with E-state index in [1.807, 2.05) is 10.2 Å². The number of nitrogens with zero attached hydrogens (tertiary/aromatic N) is 2. The number of carbonyl (C=O) groups excluding carboxylic acids is 1. The molecule has 1 atom stereocenters. The van der Waals surface area contributed by atoms with E-state index in [1.165, 1.54) is 0 Å². The zero-order valence-electron chi connectivity index (χ0n) is 11.5. The van der Waals surface area contributed by atoms with E-state index in [0.29, 0.717) is 6.04 Å². The van der Waals surface area contributed by atoms with E-state index < -0.39 is 24.7 Å². The maximum atomic E-state index is 12.0. The lowest BCUT2D eigenvalue weighted by atomic mass is 10.0. The molecule has 2 heterocycles. The number of hydrogen-bond donors (Lipinski definition) is 2. The molecular weight excluding hydrogens is 273 g/mol. The maximum absolute atomic E-state index is 12.0. The second-order valence-electron chi connectivity index (χ2n) is 5.40. The molecule has 5 nitrogen and oxygen atoms in total. The zero-order chi connectivity index (χ0) is 14.8. The lowest BCUT2D eigenvalue weighted by Crippen LogP contribution is -2.66. The van der Waals surface area contributed by atoms with Crippen molar-refractivity contribution in [3.63, 3.8) is 0 Å². The fourth-order valence-corrected chi connectivity index (χ4v) is 2.58. The summed E-state index contributed by atoms with van der Waals surface area (Å²) < 4.78 is 36.1. The third-order valence-corrected chi connectivity index (χ3v) is 3.95. The van der Waals surface area contributed by atoms with Crippen LogP contribution in [-0.4, -0.2) is 79.8 Å². The van der Waals surface area contributed by atoms with E-state index in [-0.39, 0.29) is 0 Å². The van der Waals surface area contributed by atoms with Crippen molar-refractivity contribution in [1.82, 2.24) is 20.4 Å². The minimum Gasteiger partial charge on any atom is -0.346 e. The molecule has 0 saturated carbocycles. The van der Waals surface area contributed by atoms with Gasteiger partial charge < -0.3 is 10.6 Å². The van der Waals surface area contributed by atoms with Gasteiger partial charge in [0, 0.05) is 45.3 Å². The SMILES string of the molecule is CC(C(=O)NCC(F)(F)F)N1CC(N2CCNCC2)C1. The van der Waals surface area contributed by atoms with Crippen molar-refractivity contribution in [3.8, 4) is 0 Å². The second-order valence-corrected chi connectivity index (χ2v) is 5.40. The highest BCUT2D eigenvalue weighted by molar-refractivity contribution is 5.81. The third-order valence-electron chi connectivity index (χ3n) is 3.95. The van der Waals surface area contributed by atoms with Gasteiger partial charge >= 0.3 is 6.18 Å². The summed E-state index contributed by atoms with van der Waals surface area (Å²) in [4.78, 5) is 15.9. The second kappa shape index (κ2) is 6.28. The minimum atomic E-state index is -4.35. The highest BCUT2D eigenvalue weighted by Crippen LogP contribution is 2.19. The average Bonchev–Trinajstić information content (AvgIpc) is 2.34. The minimum absolute atomic E-state index is 0.426. The van der Waals surface area contributed by atoms with Gasteiger partial charge in [0.1, 0.15) is 6.54 Å². The Bertz CT molecular complexity index is 338. The van der Waals surface area contributed by atoms with E-state index in [2.05, 4.69) is 10.2 Å². The molecule has 2 rings (SSSR count). The molecule has 2 fully saturated rings. The molecule has 0 radical (unpaired) electrons. The summed E-state index contributed by atoms with van der Waals surface area (Å²) in [5.74, 6) is -0.555. The standard InChI is InChI=1S/C12H21F3N4O/c1-9(11(20)17-8-12(13,14)15)19-6-10(7-19)18-4-2-16-3-5-18/h9-10,16H,2-8H2,1H3,(H,17,20). The summed E-state index contributed by atoms with van der Waals surface area (Å²) in [6.07, 6.45) is -4.35. The Balaban J connectivity index is 1.70. The van der Waals surface area contributed by atoms with Gasteiger partial charge in [-0.3, -0.25) is 14.6 Å². The zero-order valence-corrected chi connectivity index (χ0v) is 11.5. The molecule has 1 unspecified atom stereocenters. The fourth-order valence-electron chi connectivity index (χ4n) is 2.58. The molecule has 2 aliphatic rings. The quantitative estimate of drug-likeness (QED) is 0.744. The van der Waals surface area contributed by atoms with Crippen LogP contribution in [0.15, 0.2) is 0 Å². The predicted molar refractivity (Wildman–Crippen MR) is 68.3 cm³/mol. The van der Waals surface area contributed by atoms with Crippen LogP contribution in [0, 0.1) is 0 Å². The first-order valence-corrected chi connectivity index (χ1v) is 6.90. The molecule has 0 aromatic heterocycles. The number of nitrogens with one attached hydrogen (secondary N) is 2. The summed E-state index contributed by atoms with van der Waals surface area (Å²) >= 11 is 0. The van der Waals surface area contributed by atoms with Gasteiger partial charge in [-0.25, -0.2) is 0 Å². The van der Waals surface area contributed by atoms with Crippen molar-refractivity contribution in [2.24, 2.45) is 0 Å². The van der Waals surface area contributed by atoms with Crippen LogP contribution < -0.4 is 10.6 Å². The van der Waals surface area contributed by atoms with Crippen molar-refractivity contribution in [2.45, 2.75) is 25.2 Å². The Morgan fingerprint density at radius 1 is 1.35 bits per heavy atom. The summed E-state index contributed by atoms with van der Waals surface area (Å²) in [6.45, 7) is 5.82. The van der Waals surface area contributed by atoms with E-state index in [0.717, 1.165) is 39.3 Å². The number of halogens is 3. The van der Waals surface area contributed by atoms with Crippen LogP contribution >= 0.6 is 0 Å². The van der Waals surface area contributed by atoms with Gasteiger partial charge in [0.25, 0.3) is 0 Å². The fraction of sp³-hybridized carbons (Fsp3) is 0.917. The third kappa shape index (κ3) is 4.07. The highest BCUT2D eigenvalue weighted by atomic mass is 19.4. The monoisotopic (exact) mass is 294 g/mol. The van der Waals surface area contributed by atoms with Crippen molar-refractivity contribution in [2.75, 3.05) is 45.8 Å². The first kappa shape index (κ1) is 15.5. The first-order valence-electron chi connectivity index (χ1n) is 6.90. The number of piperazine rings is 1. The van der Waals surface area contributed by atoms with Gasteiger partial charge in [-0.05, 0) is 6.92 Å². The maximum Gasteiger partial charge on any atom is 0.405 e. The van der Waals surface area contributed by atoms with Gasteiger partial charge in [-0.1, -0.05) is 0 Å². The molecule has 2 N–H and O–H groups in total. The van der Waals surface area contributed by atoms with Crippen molar-refractivity contribution in [3.05, 3.63) is 0 Å². The molecule has 0 spiro atoms. The molecule has 20 heavy (non-hydrogen) atoms. The van der Waals surface area contributed by atoms with Crippen LogP contribution in [0.3, 0.4) is 0 Å². The summed E-state index contributed by atoms with van der Waals surface area (Å²) in [5.41, 5.74) is 0. The Kier molecular flexibility index (Phi) is 4.87. The molecule has 116 valence electrons. The van der Waals surface area contributed by atoms with Gasteiger partial charge in [0.05, 0.1) is 6.04 Å². The normalized spacial score (nSPS) is 24.2. The van der Waals surface area contributed by atoms with Gasteiger partial charge in [-0.2, -0.15) is 13.2 Å². The largest absolute Gasteiger partial charge is 0.405 e. The van der Waals surface area contributed by atoms with Gasteiger partial charge in [0.15, 0.2) is 0 Å². The van der Waals surface area contributed by atoms with E-state index in [1.54, 1.807) is 6.92 Å². The summed E-state index contributed by atoms with van der Waals surface area (Å²) in [7, 11) is 0. The first-order chi connectivity index (χ1) is 9.37. The van der Waals surface area contributed by atoms with Crippen LogP contribution in [0.4, 0.5) is 13.2 Å². The molecule has 2 aliphatic heterocycles. The number of amides is 1. The molecule has 2 saturated heterocycles. The van der Waals surface area contributed by atoms with E-state index in [9.17, 15) is 18.0 Å². The van der Waals surface area contributed by atoms with Crippen LogP contribution in [-0.2, 0) is 4.79 Å². The lowest BCUT2D eigenvalue weighted by Gasteiger charge is -2.48. The van der Waals surface area contributed by atoms with Gasteiger partial charge in [-0.15, -0.1) is 0 Å². The topological polar surface area (TPSA) is 47.6 Å². The van der Waals surface area contributed by atoms with Crippen LogP contribution in [0.5, 0.6) is 0 Å². The average molecular weight is 294 g/mol. The van der Waals surface area contributed by atoms with Crippen molar-refractivity contribution < 1.29 is 18.0 Å². The van der Waals surface area contributed by atoms with Crippen LogP contribution in [0.2, 0.25) is 0 Å². The number of hydrogen-bond acceptors (Lipinski definition) is 4. The van der Waals surface area contributed by atoms with Gasteiger partial charge in [0.2, 0.25) is 5.91 Å². The smallest absolute Gasteiger partial charge is 0.346 e. The van der Waals surface area contributed by atoms with Crippen LogP contribution in [0.1, 0.15) is 6.92 Å². The highest BCUT2D eigenvalue weighted by Gasteiger charge is 2.37. The Morgan fingerprint density at radius 2 is 1.95 bits per heavy atom. The molecular formula is C12H21F3N4O. The lowest BCUT2D eigenvalue weighted by molar-refractivity contribution is -0.143.